The van der Waals surface area contributed by atoms with Crippen LogP contribution in [0, 0.1) is 0 Å². The van der Waals surface area contributed by atoms with E-state index in [0.717, 1.165) is 16.5 Å². The molecule has 126 valence electrons. The molecule has 0 saturated carbocycles. The summed E-state index contributed by atoms with van der Waals surface area (Å²) in [5, 5.41) is 14.2. The zero-order valence-corrected chi connectivity index (χ0v) is 15.1. The van der Waals surface area contributed by atoms with Crippen LogP contribution in [0.15, 0.2) is 53.4 Å². The molecule has 2 heterocycles. The molecule has 0 fully saturated rings. The van der Waals surface area contributed by atoms with Crippen LogP contribution in [0.2, 0.25) is 0 Å². The number of aryl methyl sites for hydroxylation is 2. The molecule has 3 rings (SSSR count). The number of hydrogen-bond acceptors (Lipinski definition) is 2. The molecule has 0 spiro atoms. The Bertz CT molecular complexity index is 825. The third-order valence-electron chi connectivity index (χ3n) is 3.87. The van der Waals surface area contributed by atoms with Crippen LogP contribution < -0.4 is 0 Å². The number of rotatable bonds is 4. The molecule has 24 heavy (non-hydrogen) atoms. The SMILES string of the molecule is C/C=C\C.Cn1cc(CCC(=O)O)c2cc(-c3ccsc3)ccc21. The van der Waals surface area contributed by atoms with Crippen LogP contribution in [-0.2, 0) is 18.3 Å². The second kappa shape index (κ2) is 8.50. The summed E-state index contributed by atoms with van der Waals surface area (Å²) in [6.07, 6.45) is 6.77. The van der Waals surface area contributed by atoms with E-state index in [1.54, 1.807) is 11.3 Å². The maximum Gasteiger partial charge on any atom is 0.303 e. The molecule has 1 N–H and O–H groups in total. The first kappa shape index (κ1) is 18.0. The Morgan fingerprint density at radius 2 is 1.96 bits per heavy atom. The number of nitrogens with zero attached hydrogens (tertiary/aromatic N) is 1. The minimum absolute atomic E-state index is 0.168. The van der Waals surface area contributed by atoms with Crippen molar-refractivity contribution in [3.63, 3.8) is 0 Å². The van der Waals surface area contributed by atoms with Crippen LogP contribution in [0.25, 0.3) is 22.0 Å². The third-order valence-corrected chi connectivity index (χ3v) is 4.55. The van der Waals surface area contributed by atoms with Gasteiger partial charge in [-0.3, -0.25) is 4.79 Å². The lowest BCUT2D eigenvalue weighted by atomic mass is 10.0. The van der Waals surface area contributed by atoms with Crippen LogP contribution in [0.5, 0.6) is 0 Å². The van der Waals surface area contributed by atoms with Crippen molar-refractivity contribution < 1.29 is 9.90 Å². The van der Waals surface area contributed by atoms with E-state index < -0.39 is 5.97 Å². The Balaban J connectivity index is 0.000000471. The van der Waals surface area contributed by atoms with Crippen molar-refractivity contribution in [2.75, 3.05) is 0 Å². The van der Waals surface area contributed by atoms with Crippen molar-refractivity contribution in [1.29, 1.82) is 0 Å². The summed E-state index contributed by atoms with van der Waals surface area (Å²) in [6, 6.07) is 8.48. The van der Waals surface area contributed by atoms with E-state index in [1.165, 1.54) is 11.1 Å². The molecule has 0 saturated heterocycles. The fraction of sp³-hybridized carbons (Fsp3) is 0.250. The molecule has 2 aromatic heterocycles. The van der Waals surface area contributed by atoms with Gasteiger partial charge in [0.05, 0.1) is 0 Å². The Hall–Kier alpha value is -2.33. The van der Waals surface area contributed by atoms with Gasteiger partial charge in [-0.25, -0.2) is 0 Å². The van der Waals surface area contributed by atoms with E-state index >= 15 is 0 Å². The maximum absolute atomic E-state index is 10.8. The van der Waals surface area contributed by atoms with Crippen LogP contribution in [0.4, 0.5) is 0 Å². The largest absolute Gasteiger partial charge is 0.481 e. The highest BCUT2D eigenvalue weighted by atomic mass is 32.1. The summed E-state index contributed by atoms with van der Waals surface area (Å²) in [5.41, 5.74) is 4.64. The van der Waals surface area contributed by atoms with Crippen molar-refractivity contribution in [1.82, 2.24) is 4.57 Å². The molecule has 0 amide bonds. The molecule has 3 nitrogen and oxygen atoms in total. The lowest BCUT2D eigenvalue weighted by Gasteiger charge is -2.01. The lowest BCUT2D eigenvalue weighted by molar-refractivity contribution is -0.136. The topological polar surface area (TPSA) is 42.2 Å². The van der Waals surface area contributed by atoms with Crippen molar-refractivity contribution in [3.05, 3.63) is 58.9 Å². The average Bonchev–Trinajstić information content (AvgIpc) is 3.21. The molecular weight excluding hydrogens is 318 g/mol. The number of allylic oxidation sites excluding steroid dienone is 2. The molecule has 0 unspecified atom stereocenters. The number of carbonyl (C=O) groups is 1. The lowest BCUT2D eigenvalue weighted by Crippen LogP contribution is -1.96. The summed E-state index contributed by atoms with van der Waals surface area (Å²) < 4.78 is 2.06. The normalized spacial score (nSPS) is 10.8. The average molecular weight is 341 g/mol. The molecule has 0 bridgehead atoms. The molecule has 4 heteroatoms. The van der Waals surface area contributed by atoms with Crippen molar-refractivity contribution in [2.45, 2.75) is 26.7 Å². The summed E-state index contributed by atoms with van der Waals surface area (Å²) in [5.74, 6) is -0.754. The first-order valence-electron chi connectivity index (χ1n) is 7.96. The third kappa shape index (κ3) is 4.36. The Morgan fingerprint density at radius 1 is 1.21 bits per heavy atom. The number of carboxylic acid groups (broad SMARTS) is 1. The number of hydrogen-bond donors (Lipinski definition) is 1. The fourth-order valence-electron chi connectivity index (χ4n) is 2.52. The minimum atomic E-state index is -0.754. The summed E-state index contributed by atoms with van der Waals surface area (Å²) in [4.78, 5) is 10.8. The molecule has 0 aliphatic carbocycles. The van der Waals surface area contributed by atoms with Gasteiger partial charge < -0.3 is 9.67 Å². The van der Waals surface area contributed by atoms with Gasteiger partial charge in [0.25, 0.3) is 0 Å². The first-order valence-corrected chi connectivity index (χ1v) is 8.90. The number of fused-ring (bicyclic) bond motifs is 1. The van der Waals surface area contributed by atoms with Gasteiger partial charge in [-0.15, -0.1) is 0 Å². The van der Waals surface area contributed by atoms with E-state index in [9.17, 15) is 4.79 Å². The zero-order valence-electron chi connectivity index (χ0n) is 14.3. The molecule has 3 aromatic rings. The predicted molar refractivity (Wildman–Crippen MR) is 103 cm³/mol. The van der Waals surface area contributed by atoms with Crippen molar-refractivity contribution in [2.24, 2.45) is 7.05 Å². The van der Waals surface area contributed by atoms with Gasteiger partial charge in [0.15, 0.2) is 0 Å². The Labute approximate surface area is 146 Å². The molecule has 0 aliphatic heterocycles. The quantitative estimate of drug-likeness (QED) is 0.636. The Morgan fingerprint density at radius 3 is 2.54 bits per heavy atom. The number of benzene rings is 1. The standard InChI is InChI=1S/C16H15NO2S.C4H8/c1-17-9-12(3-5-16(18)19)14-8-11(2-4-15(14)17)13-6-7-20-10-13;1-3-4-2/h2,4,6-10H,3,5H2,1H3,(H,18,19);3-4H,1-2H3/b;4-3-. The smallest absolute Gasteiger partial charge is 0.303 e. The first-order chi connectivity index (χ1) is 11.6. The number of carboxylic acids is 1. The second-order valence-electron chi connectivity index (χ2n) is 5.57. The van der Waals surface area contributed by atoms with E-state index in [1.807, 2.05) is 39.2 Å². The number of aromatic nitrogens is 1. The van der Waals surface area contributed by atoms with Crippen molar-refractivity contribution in [3.8, 4) is 11.1 Å². The van der Waals surface area contributed by atoms with Gasteiger partial charge in [-0.1, -0.05) is 18.2 Å². The van der Waals surface area contributed by atoms with Crippen LogP contribution in [0.1, 0.15) is 25.8 Å². The molecule has 0 aliphatic rings. The highest BCUT2D eigenvalue weighted by molar-refractivity contribution is 7.08. The number of aliphatic carboxylic acids is 1. The van der Waals surface area contributed by atoms with E-state index in [-0.39, 0.29) is 6.42 Å². The molecule has 0 radical (unpaired) electrons. The van der Waals surface area contributed by atoms with Crippen LogP contribution in [-0.4, -0.2) is 15.6 Å². The number of thiophene rings is 1. The Kier molecular flexibility index (Phi) is 6.38. The van der Waals surface area contributed by atoms with E-state index in [4.69, 9.17) is 5.11 Å². The van der Waals surface area contributed by atoms with Gasteiger partial charge in [-0.05, 0) is 65.9 Å². The van der Waals surface area contributed by atoms with E-state index in [2.05, 4.69) is 39.6 Å². The van der Waals surface area contributed by atoms with Gasteiger partial charge in [0, 0.05) is 30.6 Å². The van der Waals surface area contributed by atoms with Gasteiger partial charge in [0.2, 0.25) is 0 Å². The van der Waals surface area contributed by atoms with Crippen LogP contribution in [0.3, 0.4) is 0 Å². The second-order valence-corrected chi connectivity index (χ2v) is 6.35. The molecule has 0 atom stereocenters. The van der Waals surface area contributed by atoms with E-state index in [0.29, 0.717) is 6.42 Å². The minimum Gasteiger partial charge on any atom is -0.481 e. The highest BCUT2D eigenvalue weighted by Gasteiger charge is 2.10. The maximum atomic E-state index is 10.8. The zero-order chi connectivity index (χ0) is 17.5. The van der Waals surface area contributed by atoms with Gasteiger partial charge in [-0.2, -0.15) is 11.3 Å². The summed E-state index contributed by atoms with van der Waals surface area (Å²) in [7, 11) is 2.00. The highest BCUT2D eigenvalue weighted by Crippen LogP contribution is 2.29. The molecular formula is C20H23NO2S. The van der Waals surface area contributed by atoms with Crippen molar-refractivity contribution >= 4 is 28.2 Å². The van der Waals surface area contributed by atoms with Gasteiger partial charge in [0.1, 0.15) is 0 Å². The predicted octanol–water partition coefficient (Wildman–Crippen LogP) is 5.51. The summed E-state index contributed by atoms with van der Waals surface area (Å²) in [6.45, 7) is 4.00. The monoisotopic (exact) mass is 341 g/mol. The van der Waals surface area contributed by atoms with Crippen LogP contribution >= 0.6 is 11.3 Å². The fourth-order valence-corrected chi connectivity index (χ4v) is 3.19. The molecule has 1 aromatic carbocycles. The van der Waals surface area contributed by atoms with Gasteiger partial charge >= 0.3 is 5.97 Å². The summed E-state index contributed by atoms with van der Waals surface area (Å²) >= 11 is 1.68.